The maximum absolute atomic E-state index is 11.6. The summed E-state index contributed by atoms with van der Waals surface area (Å²) in [7, 11) is -1.88. The molecule has 2 N–H and O–H groups in total. The Morgan fingerprint density at radius 2 is 1.33 bits per heavy atom. The third-order valence-electron chi connectivity index (χ3n) is 7.18. The van der Waals surface area contributed by atoms with Crippen molar-refractivity contribution in [2.75, 3.05) is 46.1 Å². The summed E-state index contributed by atoms with van der Waals surface area (Å²) in [5.41, 5.74) is 0. The predicted molar refractivity (Wildman–Crippen MR) is 150 cm³/mol. The number of carbonyl (C=O) groups excluding carboxylic acids is 1. The van der Waals surface area contributed by atoms with Crippen molar-refractivity contribution in [1.29, 1.82) is 0 Å². The first-order chi connectivity index (χ1) is 17.6. The third-order valence-corrected chi connectivity index (χ3v) is 7.95. The molecule has 7 heteroatoms. The summed E-state index contributed by atoms with van der Waals surface area (Å²) in [6.45, 7) is 9.56. The van der Waals surface area contributed by atoms with E-state index in [-0.39, 0.29) is 11.7 Å². The molecule has 0 amide bonds. The van der Waals surface area contributed by atoms with Gasteiger partial charge in [-0.15, -0.1) is 0 Å². The van der Waals surface area contributed by atoms with Gasteiger partial charge >= 0.3 is 8.60 Å². The van der Waals surface area contributed by atoms with E-state index >= 15 is 0 Å². The number of likely N-dealkylation sites (tertiary alicyclic amines) is 1. The molecule has 1 heterocycles. The number of unbranched alkanes of at least 4 members (excludes halogenated alkanes) is 13. The average Bonchev–Trinajstić information content (AvgIpc) is 3.38. The van der Waals surface area contributed by atoms with E-state index in [1.807, 2.05) is 0 Å². The van der Waals surface area contributed by atoms with Gasteiger partial charge < -0.3 is 28.4 Å². The van der Waals surface area contributed by atoms with Crippen LogP contribution in [-0.4, -0.2) is 56.7 Å². The van der Waals surface area contributed by atoms with Crippen molar-refractivity contribution in [2.45, 2.75) is 129 Å². The summed E-state index contributed by atoms with van der Waals surface area (Å²) >= 11 is 0. The Kier molecular flexibility index (Phi) is 23.7. The lowest BCUT2D eigenvalue weighted by molar-refractivity contribution is -0.887. The van der Waals surface area contributed by atoms with E-state index in [0.717, 1.165) is 26.0 Å². The molecule has 0 aliphatic carbocycles. The first-order valence-corrected chi connectivity index (χ1v) is 16.4. The molecule has 1 fully saturated rings. The highest BCUT2D eigenvalue weighted by atomic mass is 31.2. The number of ether oxygens (including phenoxy) is 1. The van der Waals surface area contributed by atoms with Gasteiger partial charge in [-0.3, -0.25) is 0 Å². The highest BCUT2D eigenvalue weighted by molar-refractivity contribution is 7.40. The molecule has 1 aliphatic heterocycles. The Morgan fingerprint density at radius 1 is 0.778 bits per heavy atom. The van der Waals surface area contributed by atoms with Crippen molar-refractivity contribution in [3.05, 3.63) is 0 Å². The van der Waals surface area contributed by atoms with E-state index in [1.165, 1.54) is 109 Å². The highest BCUT2D eigenvalue weighted by Crippen LogP contribution is 2.33. The van der Waals surface area contributed by atoms with Crippen LogP contribution in [-0.2, 0) is 18.6 Å². The summed E-state index contributed by atoms with van der Waals surface area (Å²) in [4.78, 5) is 23.3. The quantitative estimate of drug-likeness (QED) is 0.0946. The molecule has 0 aromatic heterocycles. The number of carbonyl (C=O) groups is 1. The normalized spacial score (nSPS) is 16.0. The molecule has 0 bridgehead atoms. The Morgan fingerprint density at radius 3 is 1.89 bits per heavy atom. The van der Waals surface area contributed by atoms with E-state index in [0.29, 0.717) is 26.2 Å². The van der Waals surface area contributed by atoms with Gasteiger partial charge in [0.05, 0.1) is 39.5 Å². The monoisotopic (exact) mass is 532 g/mol. The molecule has 214 valence electrons. The van der Waals surface area contributed by atoms with Crippen molar-refractivity contribution >= 4 is 14.4 Å². The van der Waals surface area contributed by atoms with E-state index in [1.54, 1.807) is 11.8 Å². The number of rotatable bonds is 27. The van der Waals surface area contributed by atoms with Gasteiger partial charge in [0.1, 0.15) is 5.78 Å². The number of hydrogen-bond donors (Lipinski definition) is 2. The lowest BCUT2D eigenvalue weighted by Crippen LogP contribution is -3.10. The molecular weight excluding hydrogens is 473 g/mol. The second-order valence-electron chi connectivity index (χ2n) is 10.9. The molecule has 6 nitrogen and oxygen atoms in total. The highest BCUT2D eigenvalue weighted by Gasteiger charge is 2.17. The Labute approximate surface area is 224 Å². The standard InChI is InChI=1S/C29H58NO5P/c1-3-4-5-6-7-8-9-10-11-12-13-14-15-18-23-33-26-29(25-28(2)31)27-35-36(32)34-24-19-22-30-20-16-17-21-30/h29,32H,3-27H2,1-2H3/p+1. The minimum absolute atomic E-state index is 0.0241. The molecule has 2 atom stereocenters. The Hall–Kier alpha value is -0.100. The fraction of sp³-hybridized carbons (Fsp3) is 0.966. The molecule has 1 aliphatic rings. The zero-order valence-corrected chi connectivity index (χ0v) is 24.7. The van der Waals surface area contributed by atoms with Gasteiger partial charge in [-0.1, -0.05) is 90.4 Å². The minimum atomic E-state index is -1.88. The Bertz CT molecular complexity index is 490. The van der Waals surface area contributed by atoms with Crippen LogP contribution in [0.25, 0.3) is 0 Å². The van der Waals surface area contributed by atoms with Crippen LogP contribution in [0.15, 0.2) is 0 Å². The Balaban J connectivity index is 1.92. The number of nitrogens with one attached hydrogen (secondary N) is 1. The van der Waals surface area contributed by atoms with Gasteiger partial charge in [0.25, 0.3) is 0 Å². The van der Waals surface area contributed by atoms with Crippen molar-refractivity contribution < 1.29 is 28.4 Å². The summed E-state index contributed by atoms with van der Waals surface area (Å²) in [6.07, 6.45) is 22.9. The summed E-state index contributed by atoms with van der Waals surface area (Å²) in [5, 5.41) is 0. The molecule has 0 saturated carbocycles. The molecule has 2 unspecified atom stereocenters. The van der Waals surface area contributed by atoms with Gasteiger partial charge in [0, 0.05) is 38.2 Å². The molecule has 1 saturated heterocycles. The zero-order valence-electron chi connectivity index (χ0n) is 23.8. The molecule has 0 aromatic carbocycles. The first kappa shape index (κ1) is 33.9. The van der Waals surface area contributed by atoms with Crippen molar-refractivity contribution in [3.8, 4) is 0 Å². The van der Waals surface area contributed by atoms with Gasteiger partial charge in [-0.05, 0) is 13.3 Å². The van der Waals surface area contributed by atoms with Crippen molar-refractivity contribution in [2.24, 2.45) is 5.92 Å². The average molecular weight is 533 g/mol. The van der Waals surface area contributed by atoms with E-state index in [2.05, 4.69) is 6.92 Å². The largest absolute Gasteiger partial charge is 0.381 e. The van der Waals surface area contributed by atoms with E-state index in [4.69, 9.17) is 13.8 Å². The number of hydrogen-bond acceptors (Lipinski definition) is 5. The number of Topliss-reactive ketones (excluding diaryl/α,β-unsaturated/α-hetero) is 1. The fourth-order valence-electron chi connectivity index (χ4n) is 5.02. The van der Waals surface area contributed by atoms with E-state index in [9.17, 15) is 9.69 Å². The first-order valence-electron chi connectivity index (χ1n) is 15.3. The third kappa shape index (κ3) is 21.9. The van der Waals surface area contributed by atoms with Crippen LogP contribution in [0, 0.1) is 5.92 Å². The molecular formula is C29H59NO5P+. The summed E-state index contributed by atoms with van der Waals surface area (Å²) in [6, 6.07) is 0. The van der Waals surface area contributed by atoms with Gasteiger partial charge in [0.2, 0.25) is 0 Å². The summed E-state index contributed by atoms with van der Waals surface area (Å²) < 4.78 is 16.8. The molecule has 0 aromatic rings. The lowest BCUT2D eigenvalue weighted by Gasteiger charge is -2.18. The SMILES string of the molecule is CCCCCCCCCCCCCCCCOCC(COP(O)OCCC[NH+]1CCCC1)CC(C)=O. The number of quaternary nitrogens is 1. The molecule has 1 rings (SSSR count). The van der Waals surface area contributed by atoms with Crippen LogP contribution in [0.3, 0.4) is 0 Å². The van der Waals surface area contributed by atoms with Crippen LogP contribution >= 0.6 is 8.60 Å². The van der Waals surface area contributed by atoms with Gasteiger partial charge in [-0.2, -0.15) is 0 Å². The summed E-state index contributed by atoms with van der Waals surface area (Å²) in [5.74, 6) is 0.101. The smallest absolute Gasteiger partial charge is 0.329 e. The lowest BCUT2D eigenvalue weighted by atomic mass is 10.0. The molecule has 0 radical (unpaired) electrons. The van der Waals surface area contributed by atoms with Crippen LogP contribution < -0.4 is 4.90 Å². The topological polar surface area (TPSA) is 69.4 Å². The van der Waals surface area contributed by atoms with Crippen LogP contribution in [0.2, 0.25) is 0 Å². The maximum atomic E-state index is 11.6. The molecule has 0 spiro atoms. The second-order valence-corrected chi connectivity index (χ2v) is 11.9. The van der Waals surface area contributed by atoms with Crippen LogP contribution in [0.4, 0.5) is 0 Å². The second kappa shape index (κ2) is 25.2. The van der Waals surface area contributed by atoms with Crippen molar-refractivity contribution in [1.82, 2.24) is 0 Å². The van der Waals surface area contributed by atoms with Crippen molar-refractivity contribution in [3.63, 3.8) is 0 Å². The molecule has 36 heavy (non-hydrogen) atoms. The fourth-order valence-corrected chi connectivity index (χ4v) is 5.72. The van der Waals surface area contributed by atoms with Gasteiger partial charge in [0.15, 0.2) is 0 Å². The minimum Gasteiger partial charge on any atom is -0.381 e. The predicted octanol–water partition coefficient (Wildman–Crippen LogP) is 6.40. The van der Waals surface area contributed by atoms with Crippen LogP contribution in [0.1, 0.15) is 129 Å². The van der Waals surface area contributed by atoms with Gasteiger partial charge in [-0.25, -0.2) is 0 Å². The number of ketones is 1. The zero-order chi connectivity index (χ0) is 26.1. The van der Waals surface area contributed by atoms with Crippen LogP contribution in [0.5, 0.6) is 0 Å². The van der Waals surface area contributed by atoms with E-state index < -0.39 is 8.60 Å². The maximum Gasteiger partial charge on any atom is 0.329 e.